The van der Waals surface area contributed by atoms with E-state index in [1.807, 2.05) is 4.90 Å². The number of piperidine rings is 1. The maximum absolute atomic E-state index is 12.2. The van der Waals surface area contributed by atoms with E-state index in [0.717, 1.165) is 19.6 Å². The predicted octanol–water partition coefficient (Wildman–Crippen LogP) is 1.13. The van der Waals surface area contributed by atoms with Crippen molar-refractivity contribution in [2.75, 3.05) is 33.4 Å². The molecule has 2 aliphatic heterocycles. The lowest BCUT2D eigenvalue weighted by Crippen LogP contribution is -2.39. The molecule has 1 unspecified atom stereocenters. The maximum Gasteiger partial charge on any atom is 0.240 e. The zero-order valence-electron chi connectivity index (χ0n) is 12.0. The molecule has 104 valence electrons. The van der Waals surface area contributed by atoms with Crippen LogP contribution < -0.4 is 5.32 Å². The molecule has 2 saturated heterocycles. The van der Waals surface area contributed by atoms with E-state index in [-0.39, 0.29) is 6.04 Å². The van der Waals surface area contributed by atoms with Crippen molar-refractivity contribution < 1.29 is 4.79 Å². The summed E-state index contributed by atoms with van der Waals surface area (Å²) in [6, 6.07) is 0.0660. The summed E-state index contributed by atoms with van der Waals surface area (Å²) in [6.07, 6.45) is 3.42. The largest absolute Gasteiger partial charge is 0.328 e. The summed E-state index contributed by atoms with van der Waals surface area (Å²) in [4.78, 5) is 16.6. The number of carbonyl (C=O) groups is 1. The van der Waals surface area contributed by atoms with Crippen LogP contribution >= 0.6 is 0 Å². The summed E-state index contributed by atoms with van der Waals surface area (Å²) in [5.41, 5.74) is 0. The Morgan fingerprint density at radius 3 is 2.61 bits per heavy atom. The van der Waals surface area contributed by atoms with Crippen molar-refractivity contribution >= 4 is 5.91 Å². The van der Waals surface area contributed by atoms with Crippen LogP contribution in [-0.4, -0.2) is 55.1 Å². The lowest BCUT2D eigenvalue weighted by atomic mass is 9.96. The minimum atomic E-state index is 0.0660. The molecular weight excluding hydrogens is 226 g/mol. The smallest absolute Gasteiger partial charge is 0.240 e. The zero-order valence-corrected chi connectivity index (χ0v) is 12.0. The van der Waals surface area contributed by atoms with E-state index >= 15 is 0 Å². The molecule has 4 nitrogen and oxygen atoms in total. The Bertz CT molecular complexity index is 285. The Morgan fingerprint density at radius 1 is 1.33 bits per heavy atom. The second-order valence-corrected chi connectivity index (χ2v) is 6.35. The molecule has 0 bridgehead atoms. The molecule has 18 heavy (non-hydrogen) atoms. The first-order chi connectivity index (χ1) is 8.56. The molecule has 0 aromatic rings. The van der Waals surface area contributed by atoms with Gasteiger partial charge in [0.2, 0.25) is 5.91 Å². The van der Waals surface area contributed by atoms with E-state index in [1.54, 1.807) is 0 Å². The summed E-state index contributed by atoms with van der Waals surface area (Å²) >= 11 is 0. The highest BCUT2D eigenvalue weighted by Crippen LogP contribution is 2.20. The van der Waals surface area contributed by atoms with Crippen LogP contribution in [0.1, 0.15) is 33.1 Å². The summed E-state index contributed by atoms with van der Waals surface area (Å²) in [5, 5.41) is 3.35. The Kier molecular flexibility index (Phi) is 4.62. The first-order valence-corrected chi connectivity index (χ1v) is 7.27. The first-order valence-electron chi connectivity index (χ1n) is 7.27. The lowest BCUT2D eigenvalue weighted by Gasteiger charge is -2.31. The van der Waals surface area contributed by atoms with Crippen LogP contribution in [0.25, 0.3) is 0 Å². The van der Waals surface area contributed by atoms with E-state index in [4.69, 9.17) is 0 Å². The average molecular weight is 253 g/mol. The Balaban J connectivity index is 1.79. The molecule has 0 saturated carbocycles. The second kappa shape index (κ2) is 6.02. The summed E-state index contributed by atoms with van der Waals surface area (Å²) in [5.74, 6) is 1.60. The number of hydrogen-bond donors (Lipinski definition) is 1. The van der Waals surface area contributed by atoms with E-state index < -0.39 is 0 Å². The zero-order chi connectivity index (χ0) is 13.1. The Morgan fingerprint density at radius 2 is 2.00 bits per heavy atom. The topological polar surface area (TPSA) is 35.6 Å². The van der Waals surface area contributed by atoms with Crippen molar-refractivity contribution in [1.82, 2.24) is 15.1 Å². The highest BCUT2D eigenvalue weighted by molar-refractivity contribution is 5.83. The molecule has 0 aliphatic carbocycles. The number of hydrogen-bond acceptors (Lipinski definition) is 3. The highest BCUT2D eigenvalue weighted by Gasteiger charge is 2.32. The normalized spacial score (nSPS) is 27.4. The SMILES string of the molecule is CC(C)CC1NCN(CC2CCN(C)CC2)C1=O. The van der Waals surface area contributed by atoms with Crippen molar-refractivity contribution in [3.05, 3.63) is 0 Å². The number of rotatable bonds is 4. The summed E-state index contributed by atoms with van der Waals surface area (Å²) < 4.78 is 0. The number of nitrogens with zero attached hydrogens (tertiary/aromatic N) is 2. The van der Waals surface area contributed by atoms with Crippen LogP contribution in [0.3, 0.4) is 0 Å². The maximum atomic E-state index is 12.2. The van der Waals surface area contributed by atoms with Crippen LogP contribution in [0, 0.1) is 11.8 Å². The van der Waals surface area contributed by atoms with Crippen molar-refractivity contribution in [2.45, 2.75) is 39.2 Å². The molecule has 2 heterocycles. The molecule has 4 heteroatoms. The molecule has 2 rings (SSSR count). The second-order valence-electron chi connectivity index (χ2n) is 6.35. The minimum absolute atomic E-state index is 0.0660. The van der Waals surface area contributed by atoms with Crippen molar-refractivity contribution in [2.24, 2.45) is 11.8 Å². The third-order valence-corrected chi connectivity index (χ3v) is 4.16. The molecule has 2 aliphatic rings. The van der Waals surface area contributed by atoms with Gasteiger partial charge in [0.1, 0.15) is 0 Å². The van der Waals surface area contributed by atoms with E-state index in [2.05, 4.69) is 31.1 Å². The molecule has 0 spiro atoms. The minimum Gasteiger partial charge on any atom is -0.328 e. The molecule has 0 aromatic carbocycles. The van der Waals surface area contributed by atoms with Crippen molar-refractivity contribution in [1.29, 1.82) is 0 Å². The number of carbonyl (C=O) groups excluding carboxylic acids is 1. The third kappa shape index (κ3) is 3.45. The summed E-state index contributed by atoms with van der Waals surface area (Å²) in [6.45, 7) is 8.41. The fraction of sp³-hybridized carbons (Fsp3) is 0.929. The van der Waals surface area contributed by atoms with Crippen LogP contribution in [0.5, 0.6) is 0 Å². The Hall–Kier alpha value is -0.610. The predicted molar refractivity (Wildman–Crippen MR) is 73.2 cm³/mol. The molecular formula is C14H27N3O. The molecule has 0 aromatic heterocycles. The van der Waals surface area contributed by atoms with Crippen molar-refractivity contribution in [3.8, 4) is 0 Å². The number of amides is 1. The van der Waals surface area contributed by atoms with Crippen LogP contribution in [-0.2, 0) is 4.79 Å². The van der Waals surface area contributed by atoms with Gasteiger partial charge in [-0.1, -0.05) is 13.8 Å². The molecule has 1 amide bonds. The fourth-order valence-electron chi connectivity index (χ4n) is 2.97. The van der Waals surface area contributed by atoms with E-state index in [0.29, 0.717) is 17.7 Å². The number of nitrogens with one attached hydrogen (secondary N) is 1. The van der Waals surface area contributed by atoms with Gasteiger partial charge in [-0.3, -0.25) is 10.1 Å². The van der Waals surface area contributed by atoms with Gasteiger partial charge >= 0.3 is 0 Å². The van der Waals surface area contributed by atoms with E-state index in [1.165, 1.54) is 25.9 Å². The Labute approximate surface area is 111 Å². The van der Waals surface area contributed by atoms with Gasteiger partial charge in [0.05, 0.1) is 12.7 Å². The molecule has 1 N–H and O–H groups in total. The highest BCUT2D eigenvalue weighted by atomic mass is 16.2. The summed E-state index contributed by atoms with van der Waals surface area (Å²) in [7, 11) is 2.18. The van der Waals surface area contributed by atoms with Gasteiger partial charge < -0.3 is 9.80 Å². The molecule has 2 fully saturated rings. The standard InChI is InChI=1S/C14H27N3O/c1-11(2)8-13-14(18)17(10-15-13)9-12-4-6-16(3)7-5-12/h11-13,15H,4-10H2,1-3H3. The van der Waals surface area contributed by atoms with Crippen molar-refractivity contribution in [3.63, 3.8) is 0 Å². The monoisotopic (exact) mass is 253 g/mol. The van der Waals surface area contributed by atoms with Gasteiger partial charge in [-0.2, -0.15) is 0 Å². The van der Waals surface area contributed by atoms with Gasteiger partial charge in [-0.15, -0.1) is 0 Å². The fourth-order valence-corrected chi connectivity index (χ4v) is 2.97. The van der Waals surface area contributed by atoms with Gasteiger partial charge in [0.25, 0.3) is 0 Å². The van der Waals surface area contributed by atoms with E-state index in [9.17, 15) is 4.79 Å². The van der Waals surface area contributed by atoms with Crippen LogP contribution in [0.15, 0.2) is 0 Å². The van der Waals surface area contributed by atoms with Gasteiger partial charge in [-0.25, -0.2) is 0 Å². The van der Waals surface area contributed by atoms with Gasteiger partial charge in [0.15, 0.2) is 0 Å². The molecule has 0 radical (unpaired) electrons. The lowest BCUT2D eigenvalue weighted by molar-refractivity contribution is -0.129. The van der Waals surface area contributed by atoms with Crippen LogP contribution in [0.2, 0.25) is 0 Å². The van der Waals surface area contributed by atoms with Crippen LogP contribution in [0.4, 0.5) is 0 Å². The number of likely N-dealkylation sites (tertiary alicyclic amines) is 1. The average Bonchev–Trinajstić information content (AvgIpc) is 2.64. The third-order valence-electron chi connectivity index (χ3n) is 4.16. The quantitative estimate of drug-likeness (QED) is 0.816. The molecule has 1 atom stereocenters. The van der Waals surface area contributed by atoms with Gasteiger partial charge in [-0.05, 0) is 51.2 Å². The first kappa shape index (κ1) is 13.8. The van der Waals surface area contributed by atoms with Gasteiger partial charge in [0, 0.05) is 6.54 Å².